The van der Waals surface area contributed by atoms with Crippen molar-refractivity contribution in [1.29, 1.82) is 0 Å². The molecule has 1 aromatic carbocycles. The highest BCUT2D eigenvalue weighted by Gasteiger charge is 2.20. The molecule has 0 bridgehead atoms. The van der Waals surface area contributed by atoms with Crippen molar-refractivity contribution < 1.29 is 4.79 Å². The highest BCUT2D eigenvalue weighted by atomic mass is 16.2. The first-order chi connectivity index (χ1) is 10.2. The van der Waals surface area contributed by atoms with Gasteiger partial charge in [-0.25, -0.2) is 4.68 Å². The molecule has 0 aliphatic heterocycles. The molecule has 0 fully saturated rings. The van der Waals surface area contributed by atoms with Crippen LogP contribution in [0.15, 0.2) is 36.4 Å². The molecule has 0 saturated heterocycles. The van der Waals surface area contributed by atoms with E-state index >= 15 is 0 Å². The molecule has 1 atom stereocenters. The summed E-state index contributed by atoms with van der Waals surface area (Å²) in [6, 6.07) is 11.8. The molecule has 1 heterocycles. The smallest absolute Gasteiger partial charge is 0.233 e. The SMILES string of the molecule is CCCn1nc(C)cc1NC(=O)C(CC)c1ccccc1. The summed E-state index contributed by atoms with van der Waals surface area (Å²) in [4.78, 5) is 12.6. The lowest BCUT2D eigenvalue weighted by Gasteiger charge is -2.16. The summed E-state index contributed by atoms with van der Waals surface area (Å²) in [5.74, 6) is 0.686. The minimum absolute atomic E-state index is 0.0287. The number of benzene rings is 1. The number of nitrogens with one attached hydrogen (secondary N) is 1. The maximum Gasteiger partial charge on any atom is 0.233 e. The fourth-order valence-corrected chi connectivity index (χ4v) is 2.50. The predicted molar refractivity (Wildman–Crippen MR) is 85.4 cm³/mol. The summed E-state index contributed by atoms with van der Waals surface area (Å²) in [6.45, 7) is 6.88. The molecule has 0 aliphatic rings. The first-order valence-electron chi connectivity index (χ1n) is 7.56. The highest BCUT2D eigenvalue weighted by molar-refractivity contribution is 5.95. The molecule has 4 heteroatoms. The zero-order chi connectivity index (χ0) is 15.2. The van der Waals surface area contributed by atoms with Gasteiger partial charge in [-0.15, -0.1) is 0 Å². The van der Waals surface area contributed by atoms with E-state index in [2.05, 4.69) is 17.3 Å². The first kappa shape index (κ1) is 15.3. The van der Waals surface area contributed by atoms with E-state index in [1.165, 1.54) is 0 Å². The van der Waals surface area contributed by atoms with Gasteiger partial charge in [-0.05, 0) is 25.3 Å². The van der Waals surface area contributed by atoms with Crippen LogP contribution in [-0.4, -0.2) is 15.7 Å². The Hall–Kier alpha value is -2.10. The Morgan fingerprint density at radius 3 is 2.62 bits per heavy atom. The second-order valence-electron chi connectivity index (χ2n) is 5.25. The third-order valence-corrected chi connectivity index (χ3v) is 3.52. The second kappa shape index (κ2) is 7.07. The largest absolute Gasteiger partial charge is 0.310 e. The van der Waals surface area contributed by atoms with E-state index in [0.29, 0.717) is 0 Å². The summed E-state index contributed by atoms with van der Waals surface area (Å²) in [5, 5.41) is 7.44. The molecule has 112 valence electrons. The Morgan fingerprint density at radius 1 is 1.29 bits per heavy atom. The average molecular weight is 285 g/mol. The monoisotopic (exact) mass is 285 g/mol. The van der Waals surface area contributed by atoms with Gasteiger partial charge in [-0.2, -0.15) is 5.10 Å². The van der Waals surface area contributed by atoms with Crippen LogP contribution in [0.3, 0.4) is 0 Å². The molecule has 2 rings (SSSR count). The Morgan fingerprint density at radius 2 is 2.00 bits per heavy atom. The van der Waals surface area contributed by atoms with Crippen LogP contribution in [-0.2, 0) is 11.3 Å². The van der Waals surface area contributed by atoms with Crippen LogP contribution in [0.5, 0.6) is 0 Å². The van der Waals surface area contributed by atoms with E-state index in [9.17, 15) is 4.79 Å². The van der Waals surface area contributed by atoms with Crippen molar-refractivity contribution in [2.45, 2.75) is 46.1 Å². The maximum atomic E-state index is 12.6. The summed E-state index contributed by atoms with van der Waals surface area (Å²) in [7, 11) is 0. The number of aryl methyl sites for hydroxylation is 2. The van der Waals surface area contributed by atoms with E-state index in [4.69, 9.17) is 0 Å². The first-order valence-corrected chi connectivity index (χ1v) is 7.56. The minimum Gasteiger partial charge on any atom is -0.310 e. The fourth-order valence-electron chi connectivity index (χ4n) is 2.50. The molecule has 1 unspecified atom stereocenters. The summed E-state index contributed by atoms with van der Waals surface area (Å²) >= 11 is 0. The van der Waals surface area contributed by atoms with Crippen molar-refractivity contribution in [2.24, 2.45) is 0 Å². The van der Waals surface area contributed by atoms with Gasteiger partial charge in [0.1, 0.15) is 5.82 Å². The van der Waals surface area contributed by atoms with Crippen molar-refractivity contribution in [3.8, 4) is 0 Å². The standard InChI is InChI=1S/C17H23N3O/c1-4-11-20-16(12-13(3)19-20)18-17(21)15(5-2)14-9-7-6-8-10-14/h6-10,12,15H,4-5,11H2,1-3H3,(H,18,21). The molecule has 0 saturated carbocycles. The van der Waals surface area contributed by atoms with E-state index in [0.717, 1.165) is 36.5 Å². The van der Waals surface area contributed by atoms with Crippen molar-refractivity contribution in [3.05, 3.63) is 47.7 Å². The highest BCUT2D eigenvalue weighted by Crippen LogP contribution is 2.22. The molecular weight excluding hydrogens is 262 g/mol. The van der Waals surface area contributed by atoms with Gasteiger partial charge in [0.25, 0.3) is 0 Å². The topological polar surface area (TPSA) is 46.9 Å². The van der Waals surface area contributed by atoms with Gasteiger partial charge in [0.2, 0.25) is 5.91 Å². The van der Waals surface area contributed by atoms with Gasteiger partial charge >= 0.3 is 0 Å². The lowest BCUT2D eigenvalue weighted by molar-refractivity contribution is -0.117. The van der Waals surface area contributed by atoms with Crippen LogP contribution in [0.25, 0.3) is 0 Å². The molecule has 1 amide bonds. The summed E-state index contributed by atoms with van der Waals surface area (Å²) < 4.78 is 1.87. The molecule has 0 spiro atoms. The molecule has 21 heavy (non-hydrogen) atoms. The van der Waals surface area contributed by atoms with E-state index in [1.54, 1.807) is 0 Å². The number of hydrogen-bond acceptors (Lipinski definition) is 2. The van der Waals surface area contributed by atoms with Crippen LogP contribution in [0, 0.1) is 6.92 Å². The Kier molecular flexibility index (Phi) is 5.14. The second-order valence-corrected chi connectivity index (χ2v) is 5.25. The summed E-state index contributed by atoms with van der Waals surface area (Å²) in [5.41, 5.74) is 1.97. The molecular formula is C17H23N3O. The normalized spacial score (nSPS) is 12.1. The third kappa shape index (κ3) is 3.72. The van der Waals surface area contributed by atoms with E-state index < -0.39 is 0 Å². The van der Waals surface area contributed by atoms with Crippen molar-refractivity contribution in [3.63, 3.8) is 0 Å². The van der Waals surface area contributed by atoms with Crippen molar-refractivity contribution >= 4 is 11.7 Å². The minimum atomic E-state index is -0.128. The van der Waals surface area contributed by atoms with Gasteiger partial charge in [-0.3, -0.25) is 4.79 Å². The predicted octanol–water partition coefficient (Wildman–Crippen LogP) is 3.73. The van der Waals surface area contributed by atoms with Crippen molar-refractivity contribution in [1.82, 2.24) is 9.78 Å². The Labute approximate surface area is 126 Å². The molecule has 0 aliphatic carbocycles. The number of carbonyl (C=O) groups is 1. The number of anilines is 1. The third-order valence-electron chi connectivity index (χ3n) is 3.52. The quantitative estimate of drug-likeness (QED) is 0.879. The Balaban J connectivity index is 2.16. The number of aromatic nitrogens is 2. The van der Waals surface area contributed by atoms with Gasteiger partial charge < -0.3 is 5.32 Å². The maximum absolute atomic E-state index is 12.6. The number of hydrogen-bond donors (Lipinski definition) is 1. The van der Waals surface area contributed by atoms with Gasteiger partial charge in [-0.1, -0.05) is 44.2 Å². The van der Waals surface area contributed by atoms with Crippen LogP contribution in [0.4, 0.5) is 5.82 Å². The van der Waals surface area contributed by atoms with Crippen LogP contribution < -0.4 is 5.32 Å². The van der Waals surface area contributed by atoms with Crippen LogP contribution in [0.2, 0.25) is 0 Å². The van der Waals surface area contributed by atoms with Gasteiger partial charge in [0, 0.05) is 12.6 Å². The zero-order valence-electron chi connectivity index (χ0n) is 13.0. The zero-order valence-corrected chi connectivity index (χ0v) is 13.0. The molecule has 1 N–H and O–H groups in total. The molecule has 1 aromatic heterocycles. The lowest BCUT2D eigenvalue weighted by atomic mass is 9.96. The fraction of sp³-hybridized carbons (Fsp3) is 0.412. The molecule has 4 nitrogen and oxygen atoms in total. The van der Waals surface area contributed by atoms with Crippen molar-refractivity contribution in [2.75, 3.05) is 5.32 Å². The molecule has 0 radical (unpaired) electrons. The molecule has 2 aromatic rings. The average Bonchev–Trinajstić information content (AvgIpc) is 2.81. The van der Waals surface area contributed by atoms with E-state index in [1.807, 2.05) is 54.9 Å². The lowest BCUT2D eigenvalue weighted by Crippen LogP contribution is -2.22. The summed E-state index contributed by atoms with van der Waals surface area (Å²) in [6.07, 6.45) is 1.76. The van der Waals surface area contributed by atoms with Crippen LogP contribution >= 0.6 is 0 Å². The Bertz CT molecular complexity index is 589. The number of amides is 1. The number of carbonyl (C=O) groups excluding carboxylic acids is 1. The van der Waals surface area contributed by atoms with Gasteiger partial charge in [0.05, 0.1) is 11.6 Å². The van der Waals surface area contributed by atoms with E-state index in [-0.39, 0.29) is 11.8 Å². The van der Waals surface area contributed by atoms with Crippen LogP contribution in [0.1, 0.15) is 43.9 Å². The van der Waals surface area contributed by atoms with Gasteiger partial charge in [0.15, 0.2) is 0 Å². The number of rotatable bonds is 6. The number of nitrogens with zero attached hydrogens (tertiary/aromatic N) is 2.